The van der Waals surface area contributed by atoms with Crippen LogP contribution in [0.3, 0.4) is 0 Å². The fraction of sp³-hybridized carbons (Fsp3) is 0.500. The Hall–Kier alpha value is -1.45. The predicted molar refractivity (Wildman–Crippen MR) is 82.5 cm³/mol. The van der Waals surface area contributed by atoms with E-state index in [9.17, 15) is 8.42 Å². The summed E-state index contributed by atoms with van der Waals surface area (Å²) in [5.74, 6) is 0.0125. The van der Waals surface area contributed by atoms with E-state index < -0.39 is 16.1 Å². The second-order valence-corrected chi connectivity index (χ2v) is 7.38. The Kier molecular flexibility index (Phi) is 4.64. The van der Waals surface area contributed by atoms with Gasteiger partial charge in [-0.2, -0.15) is 5.10 Å². The first-order valence-corrected chi connectivity index (χ1v) is 8.97. The van der Waals surface area contributed by atoms with Crippen molar-refractivity contribution in [3.63, 3.8) is 0 Å². The molecule has 1 atom stereocenters. The molecule has 116 valence electrons. The third-order valence-corrected chi connectivity index (χ3v) is 5.54. The molecule has 21 heavy (non-hydrogen) atoms. The Morgan fingerprint density at radius 2 is 2.24 bits per heavy atom. The molecule has 0 spiro atoms. The van der Waals surface area contributed by atoms with E-state index in [1.54, 1.807) is 11.6 Å². The number of hydrogen-bond acceptors (Lipinski definition) is 6. The quantitative estimate of drug-likeness (QED) is 0.839. The lowest BCUT2D eigenvalue weighted by molar-refractivity contribution is 0.565. The highest BCUT2D eigenvalue weighted by atomic mass is 32.2. The van der Waals surface area contributed by atoms with Crippen LogP contribution in [0.1, 0.15) is 37.0 Å². The first-order chi connectivity index (χ1) is 9.83. The molecule has 0 radical (unpaired) electrons. The standard InChI is InChI=1S/C12H19N5O2S2/c1-4-5-17-6-10(11(13)15-17)21(18,19)16-9(3)12-14-8(2)7-20-12/h6-7,9,16H,4-5H2,1-3H3,(H2,13,15). The number of sulfonamides is 1. The molecule has 0 saturated heterocycles. The van der Waals surface area contributed by atoms with Crippen molar-refractivity contribution >= 4 is 27.2 Å². The van der Waals surface area contributed by atoms with E-state index in [-0.39, 0.29) is 10.7 Å². The van der Waals surface area contributed by atoms with Crippen molar-refractivity contribution in [2.24, 2.45) is 0 Å². The number of rotatable bonds is 6. The van der Waals surface area contributed by atoms with Crippen molar-refractivity contribution in [3.8, 4) is 0 Å². The minimum atomic E-state index is -3.72. The highest BCUT2D eigenvalue weighted by Gasteiger charge is 2.24. The zero-order chi connectivity index (χ0) is 15.6. The van der Waals surface area contributed by atoms with Gasteiger partial charge in [0.2, 0.25) is 10.0 Å². The Balaban J connectivity index is 2.22. The number of aromatic nitrogens is 3. The van der Waals surface area contributed by atoms with Gasteiger partial charge in [-0.1, -0.05) is 6.92 Å². The summed E-state index contributed by atoms with van der Waals surface area (Å²) < 4.78 is 28.9. The van der Waals surface area contributed by atoms with Gasteiger partial charge in [0.1, 0.15) is 9.90 Å². The summed E-state index contributed by atoms with van der Waals surface area (Å²) in [6.45, 7) is 6.23. The lowest BCUT2D eigenvalue weighted by atomic mass is 10.4. The normalized spacial score (nSPS) is 13.5. The number of hydrogen-bond donors (Lipinski definition) is 2. The highest BCUT2D eigenvalue weighted by molar-refractivity contribution is 7.89. The molecule has 0 aliphatic heterocycles. The van der Waals surface area contributed by atoms with Gasteiger partial charge >= 0.3 is 0 Å². The molecule has 0 amide bonds. The summed E-state index contributed by atoms with van der Waals surface area (Å²) in [5.41, 5.74) is 6.58. The Bertz CT molecular complexity index is 720. The zero-order valence-electron chi connectivity index (χ0n) is 12.2. The molecule has 0 bridgehead atoms. The fourth-order valence-electron chi connectivity index (χ4n) is 1.89. The zero-order valence-corrected chi connectivity index (χ0v) is 13.8. The van der Waals surface area contributed by atoms with Gasteiger partial charge in [0.25, 0.3) is 0 Å². The molecular formula is C12H19N5O2S2. The molecule has 2 aromatic heterocycles. The molecule has 3 N–H and O–H groups in total. The lowest BCUT2D eigenvalue weighted by Gasteiger charge is -2.10. The van der Waals surface area contributed by atoms with Crippen LogP contribution < -0.4 is 10.5 Å². The summed E-state index contributed by atoms with van der Waals surface area (Å²) >= 11 is 1.42. The minimum Gasteiger partial charge on any atom is -0.381 e. The molecule has 1 unspecified atom stereocenters. The first kappa shape index (κ1) is 15.9. The van der Waals surface area contributed by atoms with Gasteiger partial charge in [0.05, 0.1) is 6.04 Å². The molecule has 0 aromatic carbocycles. The van der Waals surface area contributed by atoms with Crippen LogP contribution in [-0.2, 0) is 16.6 Å². The van der Waals surface area contributed by atoms with Crippen LogP contribution in [0.2, 0.25) is 0 Å². The summed E-state index contributed by atoms with van der Waals surface area (Å²) in [4.78, 5) is 4.30. The summed E-state index contributed by atoms with van der Waals surface area (Å²) in [5, 5.41) is 6.61. The molecule has 0 aliphatic rings. The second-order valence-electron chi connectivity index (χ2n) is 4.81. The van der Waals surface area contributed by atoms with E-state index >= 15 is 0 Å². The van der Waals surface area contributed by atoms with Crippen molar-refractivity contribution in [2.75, 3.05) is 5.73 Å². The van der Waals surface area contributed by atoms with Gasteiger partial charge in [0, 0.05) is 23.8 Å². The van der Waals surface area contributed by atoms with Crippen molar-refractivity contribution < 1.29 is 8.42 Å². The second kappa shape index (κ2) is 6.12. The minimum absolute atomic E-state index is 0.0103. The lowest BCUT2D eigenvalue weighted by Crippen LogP contribution is -2.27. The molecule has 0 fully saturated rings. The van der Waals surface area contributed by atoms with Gasteiger partial charge in [-0.05, 0) is 20.3 Å². The van der Waals surface area contributed by atoms with Crippen molar-refractivity contribution in [2.45, 2.75) is 44.7 Å². The maximum absolute atomic E-state index is 12.4. The van der Waals surface area contributed by atoms with Crippen molar-refractivity contribution in [1.29, 1.82) is 0 Å². The summed E-state index contributed by atoms with van der Waals surface area (Å²) in [7, 11) is -3.72. The van der Waals surface area contributed by atoms with Gasteiger partial charge < -0.3 is 5.73 Å². The molecule has 9 heteroatoms. The van der Waals surface area contributed by atoms with Crippen LogP contribution in [0.5, 0.6) is 0 Å². The number of nitrogens with one attached hydrogen (secondary N) is 1. The predicted octanol–water partition coefficient (Wildman–Crippen LogP) is 1.68. The third-order valence-electron chi connectivity index (χ3n) is 2.84. The first-order valence-electron chi connectivity index (χ1n) is 6.60. The van der Waals surface area contributed by atoms with Gasteiger partial charge in [-0.15, -0.1) is 11.3 Å². The Morgan fingerprint density at radius 1 is 1.52 bits per heavy atom. The molecule has 7 nitrogen and oxygen atoms in total. The number of nitrogens with zero attached hydrogens (tertiary/aromatic N) is 3. The van der Waals surface area contributed by atoms with Crippen LogP contribution >= 0.6 is 11.3 Å². The van der Waals surface area contributed by atoms with E-state index in [2.05, 4.69) is 14.8 Å². The average Bonchev–Trinajstić information content (AvgIpc) is 2.96. The van der Waals surface area contributed by atoms with Crippen molar-refractivity contribution in [3.05, 3.63) is 22.3 Å². The number of thiazole rings is 1. The smallest absolute Gasteiger partial charge is 0.246 e. The average molecular weight is 329 g/mol. The molecule has 0 saturated carbocycles. The van der Waals surface area contributed by atoms with Gasteiger partial charge in [0.15, 0.2) is 5.82 Å². The van der Waals surface area contributed by atoms with E-state index in [4.69, 9.17) is 5.73 Å². The monoisotopic (exact) mass is 329 g/mol. The largest absolute Gasteiger partial charge is 0.381 e. The SMILES string of the molecule is CCCn1cc(S(=O)(=O)NC(C)c2nc(C)cs2)c(N)n1. The van der Waals surface area contributed by atoms with E-state index in [0.717, 1.165) is 17.1 Å². The summed E-state index contributed by atoms with van der Waals surface area (Å²) in [6, 6.07) is -0.414. The maximum atomic E-state index is 12.4. The van der Waals surface area contributed by atoms with Crippen LogP contribution in [0.25, 0.3) is 0 Å². The van der Waals surface area contributed by atoms with Crippen LogP contribution in [0, 0.1) is 6.92 Å². The fourth-order valence-corrected chi connectivity index (χ4v) is 4.05. The number of anilines is 1. The molecular weight excluding hydrogens is 310 g/mol. The molecule has 2 heterocycles. The molecule has 2 aromatic rings. The number of nitrogen functional groups attached to an aromatic ring is 1. The topological polar surface area (TPSA) is 103 Å². The van der Waals surface area contributed by atoms with Gasteiger partial charge in [-0.25, -0.2) is 18.1 Å². The highest BCUT2D eigenvalue weighted by Crippen LogP contribution is 2.22. The van der Waals surface area contributed by atoms with E-state index in [1.165, 1.54) is 17.5 Å². The third kappa shape index (κ3) is 3.60. The van der Waals surface area contributed by atoms with Gasteiger partial charge in [-0.3, -0.25) is 4.68 Å². The Labute approximate surface area is 128 Å². The van der Waals surface area contributed by atoms with E-state index in [0.29, 0.717) is 6.54 Å². The summed E-state index contributed by atoms with van der Waals surface area (Å²) in [6.07, 6.45) is 2.31. The van der Waals surface area contributed by atoms with Crippen LogP contribution in [0.4, 0.5) is 5.82 Å². The Morgan fingerprint density at radius 3 is 2.81 bits per heavy atom. The van der Waals surface area contributed by atoms with E-state index in [1.807, 2.05) is 19.2 Å². The molecule has 0 aliphatic carbocycles. The van der Waals surface area contributed by atoms with Crippen LogP contribution in [-0.4, -0.2) is 23.2 Å². The maximum Gasteiger partial charge on any atom is 0.246 e. The van der Waals surface area contributed by atoms with Crippen molar-refractivity contribution in [1.82, 2.24) is 19.5 Å². The number of nitrogens with two attached hydrogens (primary N) is 1. The van der Waals surface area contributed by atoms with Crippen LogP contribution in [0.15, 0.2) is 16.5 Å². The number of aryl methyl sites for hydroxylation is 2. The molecule has 2 rings (SSSR count).